The number of aliphatic hydroxyl groups excluding tert-OH is 4. The van der Waals surface area contributed by atoms with Crippen molar-refractivity contribution in [1.29, 1.82) is 0 Å². The van der Waals surface area contributed by atoms with Gasteiger partial charge < -0.3 is 39.4 Å². The van der Waals surface area contributed by atoms with E-state index in [-0.39, 0.29) is 32.0 Å². The predicted molar refractivity (Wildman–Crippen MR) is 220 cm³/mol. The molecule has 0 saturated carbocycles. The van der Waals surface area contributed by atoms with E-state index >= 15 is 0 Å². The van der Waals surface area contributed by atoms with Crippen molar-refractivity contribution in [3.8, 4) is 0 Å². The summed E-state index contributed by atoms with van der Waals surface area (Å²) in [5.74, 6) is -0.800. The molecular formula is C45H86O10. The molecule has 0 aliphatic carbocycles. The van der Waals surface area contributed by atoms with Gasteiger partial charge in [-0.05, 0) is 12.8 Å². The highest BCUT2D eigenvalue weighted by Gasteiger charge is 2.44. The molecule has 0 aromatic carbocycles. The normalized spacial score (nSPS) is 20.4. The van der Waals surface area contributed by atoms with Gasteiger partial charge in [-0.1, -0.05) is 194 Å². The topological polar surface area (TPSA) is 152 Å². The highest BCUT2D eigenvalue weighted by atomic mass is 16.7. The fourth-order valence-electron chi connectivity index (χ4n) is 7.31. The van der Waals surface area contributed by atoms with Gasteiger partial charge in [0, 0.05) is 12.8 Å². The molecule has 0 bridgehead atoms. The Balaban J connectivity index is 2.18. The lowest BCUT2D eigenvalue weighted by Gasteiger charge is -2.39. The predicted octanol–water partition coefficient (Wildman–Crippen LogP) is 9.78. The highest BCUT2D eigenvalue weighted by Crippen LogP contribution is 2.23. The number of hydrogen-bond acceptors (Lipinski definition) is 10. The maximum absolute atomic E-state index is 12.7. The van der Waals surface area contributed by atoms with Gasteiger partial charge in [-0.15, -0.1) is 0 Å². The Labute approximate surface area is 336 Å². The van der Waals surface area contributed by atoms with Gasteiger partial charge in [0.25, 0.3) is 0 Å². The molecule has 1 saturated heterocycles. The first kappa shape index (κ1) is 51.7. The van der Waals surface area contributed by atoms with Crippen LogP contribution >= 0.6 is 0 Å². The van der Waals surface area contributed by atoms with Crippen LogP contribution in [0.1, 0.15) is 219 Å². The van der Waals surface area contributed by atoms with Crippen molar-refractivity contribution < 1.29 is 49.0 Å². The summed E-state index contributed by atoms with van der Waals surface area (Å²) in [7, 11) is 0. The van der Waals surface area contributed by atoms with Crippen LogP contribution in [0.4, 0.5) is 0 Å². The van der Waals surface area contributed by atoms with Crippen molar-refractivity contribution in [2.75, 3.05) is 19.8 Å². The Hall–Kier alpha value is -1.30. The van der Waals surface area contributed by atoms with Gasteiger partial charge in [0.1, 0.15) is 31.0 Å². The number of esters is 2. The molecule has 0 radical (unpaired) electrons. The third-order valence-corrected chi connectivity index (χ3v) is 11.0. The van der Waals surface area contributed by atoms with E-state index in [2.05, 4.69) is 13.8 Å². The van der Waals surface area contributed by atoms with Gasteiger partial charge in [-0.3, -0.25) is 9.59 Å². The Bertz CT molecular complexity index is 871. The summed E-state index contributed by atoms with van der Waals surface area (Å²) in [6.07, 6.45) is 30.1. The molecule has 1 heterocycles. The molecule has 1 rings (SSSR count). The van der Waals surface area contributed by atoms with E-state index in [0.717, 1.165) is 44.9 Å². The molecule has 0 aromatic rings. The summed E-state index contributed by atoms with van der Waals surface area (Å²) in [6.45, 7) is 3.40. The van der Waals surface area contributed by atoms with Crippen LogP contribution in [0, 0.1) is 0 Å². The summed E-state index contributed by atoms with van der Waals surface area (Å²) >= 11 is 0. The molecule has 0 amide bonds. The van der Waals surface area contributed by atoms with Gasteiger partial charge in [0.2, 0.25) is 0 Å². The molecule has 326 valence electrons. The zero-order valence-corrected chi connectivity index (χ0v) is 35.5. The summed E-state index contributed by atoms with van der Waals surface area (Å²) < 4.78 is 22.1. The minimum Gasteiger partial charge on any atom is -0.462 e. The Morgan fingerprint density at radius 3 is 1.24 bits per heavy atom. The molecule has 10 nitrogen and oxygen atoms in total. The second kappa shape index (κ2) is 37.0. The van der Waals surface area contributed by atoms with Crippen LogP contribution in [-0.2, 0) is 28.5 Å². The zero-order valence-electron chi connectivity index (χ0n) is 35.5. The second-order valence-corrected chi connectivity index (χ2v) is 16.2. The molecule has 1 aliphatic rings. The Morgan fingerprint density at radius 1 is 0.491 bits per heavy atom. The third-order valence-electron chi connectivity index (χ3n) is 11.0. The van der Waals surface area contributed by atoms with Crippen molar-refractivity contribution in [3.63, 3.8) is 0 Å². The monoisotopic (exact) mass is 787 g/mol. The first-order valence-corrected chi connectivity index (χ1v) is 23.1. The Kier molecular flexibility index (Phi) is 34.8. The molecule has 0 spiro atoms. The average Bonchev–Trinajstić information content (AvgIpc) is 3.18. The standard InChI is InChI=1S/C45H86O10/c1-3-5-7-9-11-12-13-14-15-16-17-18-19-20-21-22-23-24-25-26-28-30-32-34-41(48)54-38(36-52-40(47)33-31-29-27-10-8-6-4-2)37-53-45-44(51)43(50)42(49)39(35-46)55-45/h38-39,42-46,49-51H,3-37H2,1-2H3/t38-,39+,42-,43?,44?,45+/m1/s1. The van der Waals surface area contributed by atoms with E-state index in [1.807, 2.05) is 0 Å². The molecule has 6 atom stereocenters. The molecule has 4 N–H and O–H groups in total. The fraction of sp³-hybridized carbons (Fsp3) is 0.956. The summed E-state index contributed by atoms with van der Waals surface area (Å²) in [5.41, 5.74) is 0. The van der Waals surface area contributed by atoms with Crippen LogP contribution in [0.5, 0.6) is 0 Å². The van der Waals surface area contributed by atoms with E-state index in [0.29, 0.717) is 6.42 Å². The van der Waals surface area contributed by atoms with Gasteiger partial charge >= 0.3 is 11.9 Å². The van der Waals surface area contributed by atoms with Crippen molar-refractivity contribution in [2.45, 2.75) is 256 Å². The van der Waals surface area contributed by atoms with Gasteiger partial charge in [-0.25, -0.2) is 0 Å². The Morgan fingerprint density at radius 2 is 0.855 bits per heavy atom. The molecule has 2 unspecified atom stereocenters. The average molecular weight is 787 g/mol. The number of carbonyl (C=O) groups is 2. The van der Waals surface area contributed by atoms with Crippen molar-refractivity contribution in [2.24, 2.45) is 0 Å². The lowest BCUT2D eigenvalue weighted by molar-refractivity contribution is -0.305. The van der Waals surface area contributed by atoms with Crippen molar-refractivity contribution >= 4 is 11.9 Å². The smallest absolute Gasteiger partial charge is 0.306 e. The van der Waals surface area contributed by atoms with Crippen molar-refractivity contribution in [1.82, 2.24) is 0 Å². The minimum absolute atomic E-state index is 0.210. The quantitative estimate of drug-likeness (QED) is 0.0350. The number of ether oxygens (including phenoxy) is 4. The highest BCUT2D eigenvalue weighted by molar-refractivity contribution is 5.70. The van der Waals surface area contributed by atoms with Crippen LogP contribution < -0.4 is 0 Å². The zero-order chi connectivity index (χ0) is 40.2. The van der Waals surface area contributed by atoms with Crippen LogP contribution in [0.2, 0.25) is 0 Å². The fourth-order valence-corrected chi connectivity index (χ4v) is 7.31. The maximum atomic E-state index is 12.7. The number of aliphatic hydroxyl groups is 4. The van der Waals surface area contributed by atoms with E-state index in [9.17, 15) is 30.0 Å². The van der Waals surface area contributed by atoms with Crippen molar-refractivity contribution in [3.05, 3.63) is 0 Å². The third kappa shape index (κ3) is 28.7. The summed E-state index contributed by atoms with van der Waals surface area (Å²) in [6, 6.07) is 0. The second-order valence-electron chi connectivity index (χ2n) is 16.2. The molecule has 10 heteroatoms. The van der Waals surface area contributed by atoms with Crippen LogP contribution in [0.15, 0.2) is 0 Å². The van der Waals surface area contributed by atoms with E-state index in [1.54, 1.807) is 0 Å². The first-order valence-electron chi connectivity index (χ1n) is 23.1. The summed E-state index contributed by atoms with van der Waals surface area (Å²) in [5, 5.41) is 40.0. The number of hydrogen-bond donors (Lipinski definition) is 4. The molecule has 55 heavy (non-hydrogen) atoms. The largest absolute Gasteiger partial charge is 0.462 e. The first-order chi connectivity index (χ1) is 26.8. The lowest BCUT2D eigenvalue weighted by atomic mass is 9.99. The number of rotatable bonds is 39. The lowest BCUT2D eigenvalue weighted by Crippen LogP contribution is -2.59. The molecule has 0 aromatic heterocycles. The van der Waals surface area contributed by atoms with E-state index < -0.39 is 49.4 Å². The number of unbranched alkanes of at least 4 members (excludes halogenated alkanes) is 28. The number of carbonyl (C=O) groups excluding carboxylic acids is 2. The maximum Gasteiger partial charge on any atom is 0.306 e. The minimum atomic E-state index is -1.59. The van der Waals surface area contributed by atoms with E-state index in [1.165, 1.54) is 141 Å². The van der Waals surface area contributed by atoms with Crippen LogP contribution in [0.25, 0.3) is 0 Å². The SMILES string of the molecule is CCCCCCCCCCCCCCCCCCCCCCCCCC(=O)O[C@H](COC(=O)CCCCCCCCC)CO[C@H]1O[C@@H](CO)[C@@H](O)C(O)C1O. The van der Waals surface area contributed by atoms with Crippen LogP contribution in [0.3, 0.4) is 0 Å². The summed E-state index contributed by atoms with van der Waals surface area (Å²) in [4.78, 5) is 25.2. The van der Waals surface area contributed by atoms with E-state index in [4.69, 9.17) is 18.9 Å². The van der Waals surface area contributed by atoms with Gasteiger partial charge in [-0.2, -0.15) is 0 Å². The molecule has 1 fully saturated rings. The molecule has 1 aliphatic heterocycles. The van der Waals surface area contributed by atoms with Crippen LogP contribution in [-0.4, -0.2) is 89.0 Å². The molecular weight excluding hydrogens is 700 g/mol. The van der Waals surface area contributed by atoms with Gasteiger partial charge in [0.05, 0.1) is 13.2 Å². The van der Waals surface area contributed by atoms with Gasteiger partial charge in [0.15, 0.2) is 12.4 Å².